The van der Waals surface area contributed by atoms with Gasteiger partial charge in [-0.1, -0.05) is 60.2 Å². The molecule has 39 heavy (non-hydrogen) atoms. The summed E-state index contributed by atoms with van der Waals surface area (Å²) in [4.78, 5) is 42.7. The second-order valence-electron chi connectivity index (χ2n) is 11.3. The Morgan fingerprint density at radius 1 is 0.846 bits per heavy atom. The van der Waals surface area contributed by atoms with Gasteiger partial charge in [-0.05, 0) is 79.0 Å². The van der Waals surface area contributed by atoms with Crippen molar-refractivity contribution in [2.45, 2.75) is 25.8 Å². The average Bonchev–Trinajstić information content (AvgIpc) is 3.73. The number of nitrogens with zero attached hydrogens (tertiary/aromatic N) is 1. The van der Waals surface area contributed by atoms with E-state index in [0.717, 1.165) is 23.3 Å². The molecule has 6 nitrogen and oxygen atoms in total. The highest BCUT2D eigenvalue weighted by Gasteiger charge is 2.67. The number of nitrogens with one attached hydrogen (secondary N) is 1. The summed E-state index contributed by atoms with van der Waals surface area (Å²) in [5.74, 6) is 1.24. The number of benzene rings is 3. The lowest BCUT2D eigenvalue weighted by atomic mass is 9.63. The lowest BCUT2D eigenvalue weighted by molar-refractivity contribution is -0.146. The van der Waals surface area contributed by atoms with Crippen molar-refractivity contribution in [3.63, 3.8) is 0 Å². The van der Waals surface area contributed by atoms with Crippen LogP contribution in [0.1, 0.15) is 17.5 Å². The fraction of sp³-hybridized carbons (Fsp3) is 0.303. The van der Waals surface area contributed by atoms with Crippen molar-refractivity contribution in [1.82, 2.24) is 4.90 Å². The number of likely N-dealkylation sites (tertiary alicyclic amines) is 1. The number of hydrogen-bond donors (Lipinski definition) is 1. The quantitative estimate of drug-likeness (QED) is 0.336. The molecular weight excluding hydrogens is 488 g/mol. The van der Waals surface area contributed by atoms with E-state index >= 15 is 0 Å². The molecule has 5 aliphatic rings. The summed E-state index contributed by atoms with van der Waals surface area (Å²) < 4.78 is 5.91. The first-order valence-corrected chi connectivity index (χ1v) is 13.7. The molecule has 1 aliphatic heterocycles. The maximum atomic E-state index is 13.8. The number of anilines is 1. The van der Waals surface area contributed by atoms with Gasteiger partial charge in [0.2, 0.25) is 17.7 Å². The van der Waals surface area contributed by atoms with Crippen LogP contribution in [-0.4, -0.2) is 28.7 Å². The summed E-state index contributed by atoms with van der Waals surface area (Å²) in [6.45, 7) is 2.02. The third-order valence-electron chi connectivity index (χ3n) is 8.96. The molecule has 3 aromatic rings. The Hall–Kier alpha value is -4.19. The minimum atomic E-state index is -0.919. The zero-order valence-corrected chi connectivity index (χ0v) is 21.7. The minimum absolute atomic E-state index is 0.118. The van der Waals surface area contributed by atoms with Gasteiger partial charge in [-0.2, -0.15) is 0 Å². The Kier molecular flexibility index (Phi) is 5.65. The van der Waals surface area contributed by atoms with Crippen LogP contribution in [0, 0.1) is 42.4 Å². The van der Waals surface area contributed by atoms with E-state index in [9.17, 15) is 14.4 Å². The molecular formula is C33H30N2O4. The molecule has 4 aliphatic carbocycles. The molecule has 0 aromatic heterocycles. The van der Waals surface area contributed by atoms with Crippen molar-refractivity contribution < 1.29 is 19.1 Å². The van der Waals surface area contributed by atoms with Gasteiger partial charge in [-0.25, -0.2) is 0 Å². The molecule has 1 heterocycles. The monoisotopic (exact) mass is 518 g/mol. The first-order chi connectivity index (χ1) is 19.0. The Balaban J connectivity index is 1.12. The van der Waals surface area contributed by atoms with Crippen LogP contribution >= 0.6 is 0 Å². The molecule has 2 bridgehead atoms. The number of hydrogen-bond acceptors (Lipinski definition) is 4. The molecule has 3 amide bonds. The zero-order valence-electron chi connectivity index (χ0n) is 21.7. The van der Waals surface area contributed by atoms with Gasteiger partial charge in [0.05, 0.1) is 11.8 Å². The van der Waals surface area contributed by atoms with Crippen LogP contribution in [0.2, 0.25) is 0 Å². The average molecular weight is 519 g/mol. The Bertz CT molecular complexity index is 1430. The number of ether oxygens (including phenoxy) is 1. The fourth-order valence-electron chi connectivity index (χ4n) is 7.00. The number of aryl methyl sites for hydroxylation is 1. The van der Waals surface area contributed by atoms with Crippen LogP contribution in [0.3, 0.4) is 0 Å². The van der Waals surface area contributed by atoms with Gasteiger partial charge < -0.3 is 10.1 Å². The number of carbonyl (C=O) groups excluding carboxylic acids is 3. The van der Waals surface area contributed by atoms with E-state index in [0.29, 0.717) is 23.3 Å². The Labute approximate surface area is 227 Å². The summed E-state index contributed by atoms with van der Waals surface area (Å²) in [5, 5.41) is 2.96. The molecule has 196 valence electrons. The van der Waals surface area contributed by atoms with Crippen molar-refractivity contribution in [2.24, 2.45) is 35.5 Å². The summed E-state index contributed by atoms with van der Waals surface area (Å²) in [7, 11) is 0. The number of allylic oxidation sites excluding steroid dienone is 2. The molecule has 1 N–H and O–H groups in total. The normalized spacial score (nSPS) is 28.6. The van der Waals surface area contributed by atoms with Gasteiger partial charge in [0, 0.05) is 12.1 Å². The van der Waals surface area contributed by atoms with E-state index in [1.807, 2.05) is 61.5 Å². The smallest absolute Gasteiger partial charge is 0.248 e. The van der Waals surface area contributed by atoms with Gasteiger partial charge in [0.1, 0.15) is 17.5 Å². The van der Waals surface area contributed by atoms with Crippen molar-refractivity contribution in [3.05, 3.63) is 102 Å². The molecule has 2 saturated carbocycles. The maximum Gasteiger partial charge on any atom is 0.248 e. The SMILES string of the molecule is Cc1ccc(Oc2ccc(NC(=O)[C@H](Cc3ccccc3)N3C(=O)[C@@H]4[C@H]5C=C[C@@H]([C@@H]6C[C@@H]56)[C@@H]4C3=O)cc2)cc1. The standard InChI is InChI=1S/C33H30N2O4/c1-19-7-11-22(12-8-19)39-23-13-9-21(10-14-23)34-31(36)28(17-20-5-3-2-4-6-20)35-32(37)29-24-15-16-25(27-18-26(24)27)30(29)33(35)38/h2-16,24-30H,17-18H2,1H3,(H,34,36)/t24-,25-,26-,27-,28-,29-,30+/m0/s1. The van der Waals surface area contributed by atoms with E-state index < -0.39 is 6.04 Å². The van der Waals surface area contributed by atoms with Gasteiger partial charge in [-0.15, -0.1) is 0 Å². The third kappa shape index (κ3) is 4.15. The number of amides is 3. The van der Waals surface area contributed by atoms with E-state index in [1.54, 1.807) is 24.3 Å². The maximum absolute atomic E-state index is 13.8. The summed E-state index contributed by atoms with van der Waals surface area (Å²) >= 11 is 0. The predicted octanol–water partition coefficient (Wildman–Crippen LogP) is 5.39. The largest absolute Gasteiger partial charge is 0.457 e. The number of rotatable bonds is 7. The predicted molar refractivity (Wildman–Crippen MR) is 147 cm³/mol. The van der Waals surface area contributed by atoms with Crippen LogP contribution < -0.4 is 10.1 Å². The molecule has 8 rings (SSSR count). The number of carbonyl (C=O) groups is 3. The van der Waals surface area contributed by atoms with Crippen LogP contribution in [0.4, 0.5) is 5.69 Å². The molecule has 0 spiro atoms. The second kappa shape index (κ2) is 9.23. The van der Waals surface area contributed by atoms with Gasteiger partial charge in [0.25, 0.3) is 0 Å². The summed E-state index contributed by atoms with van der Waals surface area (Å²) in [6, 6.07) is 23.6. The summed E-state index contributed by atoms with van der Waals surface area (Å²) in [6.07, 6.45) is 5.68. The van der Waals surface area contributed by atoms with Crippen molar-refractivity contribution in [1.29, 1.82) is 0 Å². The third-order valence-corrected chi connectivity index (χ3v) is 8.96. The topological polar surface area (TPSA) is 75.7 Å². The van der Waals surface area contributed by atoms with Gasteiger partial charge in [-0.3, -0.25) is 19.3 Å². The van der Waals surface area contributed by atoms with E-state index in [-0.39, 0.29) is 47.8 Å². The summed E-state index contributed by atoms with van der Waals surface area (Å²) in [5.41, 5.74) is 2.63. The lowest BCUT2D eigenvalue weighted by Crippen LogP contribution is -2.49. The van der Waals surface area contributed by atoms with Crippen LogP contribution in [0.15, 0.2) is 91.0 Å². The highest BCUT2D eigenvalue weighted by molar-refractivity contribution is 6.10. The molecule has 3 aromatic carbocycles. The fourth-order valence-corrected chi connectivity index (χ4v) is 7.00. The van der Waals surface area contributed by atoms with Crippen molar-refractivity contribution >= 4 is 23.4 Å². The minimum Gasteiger partial charge on any atom is -0.457 e. The van der Waals surface area contributed by atoms with Crippen molar-refractivity contribution in [2.75, 3.05) is 5.32 Å². The Morgan fingerprint density at radius 2 is 1.41 bits per heavy atom. The molecule has 3 fully saturated rings. The molecule has 0 unspecified atom stereocenters. The van der Waals surface area contributed by atoms with Gasteiger partial charge >= 0.3 is 0 Å². The first-order valence-electron chi connectivity index (χ1n) is 13.7. The highest BCUT2D eigenvalue weighted by atomic mass is 16.5. The number of imide groups is 1. The van der Waals surface area contributed by atoms with E-state index in [2.05, 4.69) is 17.5 Å². The van der Waals surface area contributed by atoms with Crippen LogP contribution in [0.5, 0.6) is 11.5 Å². The molecule has 6 heteroatoms. The highest BCUT2D eigenvalue weighted by Crippen LogP contribution is 2.65. The molecule has 0 radical (unpaired) electrons. The van der Waals surface area contributed by atoms with Gasteiger partial charge in [0.15, 0.2) is 0 Å². The van der Waals surface area contributed by atoms with E-state index in [1.165, 1.54) is 4.90 Å². The Morgan fingerprint density at radius 3 is 2.00 bits per heavy atom. The second-order valence-corrected chi connectivity index (χ2v) is 11.3. The molecule has 1 saturated heterocycles. The zero-order chi connectivity index (χ0) is 26.7. The van der Waals surface area contributed by atoms with Crippen LogP contribution in [0.25, 0.3) is 0 Å². The lowest BCUT2D eigenvalue weighted by Gasteiger charge is -2.37. The van der Waals surface area contributed by atoms with Crippen LogP contribution in [-0.2, 0) is 20.8 Å². The molecule has 7 atom stereocenters. The first kappa shape index (κ1) is 23.9. The van der Waals surface area contributed by atoms with Crippen molar-refractivity contribution in [3.8, 4) is 11.5 Å². The van der Waals surface area contributed by atoms with E-state index in [4.69, 9.17) is 4.74 Å².